The molecular weight excluding hydrogens is 777 g/mol. The molecule has 0 radical (unpaired) electrons. The van der Waals surface area contributed by atoms with E-state index in [0.717, 1.165) is 142 Å². The molecule has 0 spiro atoms. The lowest BCUT2D eigenvalue weighted by Crippen LogP contribution is -2.32. The molecule has 0 saturated heterocycles. The van der Waals surface area contributed by atoms with Crippen molar-refractivity contribution >= 4 is 18.1 Å². The zero-order chi connectivity index (χ0) is 45.6. The van der Waals surface area contributed by atoms with E-state index >= 15 is 0 Å². The topological polar surface area (TPSA) is 94.6 Å². The molecule has 1 unspecified atom stereocenters. The predicted octanol–water partition coefficient (Wildman–Crippen LogP) is 14.8. The molecule has 0 rings (SSSR count). The highest BCUT2D eigenvalue weighted by Gasteiger charge is 2.20. The Morgan fingerprint density at radius 3 is 1.32 bits per heavy atom. The van der Waals surface area contributed by atoms with Gasteiger partial charge in [-0.25, -0.2) is 4.79 Å². The van der Waals surface area contributed by atoms with Crippen LogP contribution in [0.4, 0.5) is 4.79 Å². The van der Waals surface area contributed by atoms with Gasteiger partial charge in [-0.2, -0.15) is 0 Å². The first-order chi connectivity index (χ1) is 30.3. The third-order valence-electron chi connectivity index (χ3n) is 12.5. The summed E-state index contributed by atoms with van der Waals surface area (Å²) >= 11 is 0. The minimum absolute atomic E-state index is 0.0108. The van der Waals surface area contributed by atoms with Gasteiger partial charge in [0.05, 0.1) is 25.7 Å². The molecule has 0 aliphatic rings. The lowest BCUT2D eigenvalue weighted by atomic mass is 9.94. The third-order valence-corrected chi connectivity index (χ3v) is 12.5. The average Bonchev–Trinajstić information content (AvgIpc) is 3.27. The van der Waals surface area contributed by atoms with Crippen molar-refractivity contribution in [1.82, 2.24) is 9.80 Å². The Morgan fingerprint density at radius 1 is 0.387 bits per heavy atom. The first-order valence-corrected chi connectivity index (χ1v) is 26.9. The number of nitrogens with zero attached hydrogens (tertiary/aromatic N) is 2. The lowest BCUT2D eigenvalue weighted by Gasteiger charge is -2.25. The lowest BCUT2D eigenvalue weighted by molar-refractivity contribution is -0.149. The van der Waals surface area contributed by atoms with Gasteiger partial charge in [-0.1, -0.05) is 176 Å². The van der Waals surface area contributed by atoms with Gasteiger partial charge < -0.3 is 28.7 Å². The van der Waals surface area contributed by atoms with Crippen molar-refractivity contribution in [1.29, 1.82) is 0 Å². The van der Waals surface area contributed by atoms with E-state index in [9.17, 15) is 14.4 Å². The van der Waals surface area contributed by atoms with Gasteiger partial charge >= 0.3 is 18.1 Å². The van der Waals surface area contributed by atoms with Crippen LogP contribution in [-0.2, 0) is 28.5 Å². The largest absolute Gasteiger partial charge is 0.508 e. The predicted molar refractivity (Wildman–Crippen MR) is 261 cm³/mol. The molecule has 0 bridgehead atoms. The maximum atomic E-state index is 13.4. The van der Waals surface area contributed by atoms with Crippen LogP contribution in [0.3, 0.4) is 0 Å². The van der Waals surface area contributed by atoms with Gasteiger partial charge in [-0.3, -0.25) is 9.59 Å². The van der Waals surface area contributed by atoms with Crippen molar-refractivity contribution in [2.45, 2.75) is 260 Å². The second kappa shape index (κ2) is 47.1. The minimum Gasteiger partial charge on any atom is -0.466 e. The molecule has 0 aromatic rings. The molecule has 368 valence electrons. The number of ether oxygens (including phenoxy) is 4. The Bertz CT molecular complexity index is 960. The summed E-state index contributed by atoms with van der Waals surface area (Å²) in [5.74, 6) is -0.0883. The second-order valence-corrected chi connectivity index (χ2v) is 18.2. The number of unbranched alkanes of at least 4 members (excludes halogenated alkanes) is 20. The summed E-state index contributed by atoms with van der Waals surface area (Å²) in [4.78, 5) is 43.4. The first kappa shape index (κ1) is 60.1. The molecule has 0 heterocycles. The van der Waals surface area contributed by atoms with E-state index < -0.39 is 6.16 Å². The van der Waals surface area contributed by atoms with Crippen molar-refractivity contribution in [2.24, 2.45) is 5.92 Å². The molecule has 9 heteroatoms. The van der Waals surface area contributed by atoms with E-state index in [0.29, 0.717) is 26.2 Å². The van der Waals surface area contributed by atoms with Gasteiger partial charge in [0.15, 0.2) is 0 Å². The van der Waals surface area contributed by atoms with Crippen LogP contribution in [0.15, 0.2) is 0 Å². The fourth-order valence-corrected chi connectivity index (χ4v) is 8.33. The zero-order valence-electron chi connectivity index (χ0n) is 42.1. The Kier molecular flexibility index (Phi) is 45.7. The monoisotopic (exact) mass is 881 g/mol. The zero-order valence-corrected chi connectivity index (χ0v) is 42.1. The van der Waals surface area contributed by atoms with Crippen molar-refractivity contribution in [3.8, 4) is 0 Å². The van der Waals surface area contributed by atoms with Gasteiger partial charge in [-0.15, -0.1) is 0 Å². The van der Waals surface area contributed by atoms with E-state index in [2.05, 4.69) is 51.3 Å². The Morgan fingerprint density at radius 2 is 0.790 bits per heavy atom. The van der Waals surface area contributed by atoms with Gasteiger partial charge in [-0.05, 0) is 96.8 Å². The van der Waals surface area contributed by atoms with Crippen molar-refractivity contribution in [2.75, 3.05) is 59.1 Å². The molecule has 0 aromatic heterocycles. The number of carbonyl (C=O) groups is 3. The van der Waals surface area contributed by atoms with Crippen LogP contribution in [0, 0.1) is 5.92 Å². The first-order valence-electron chi connectivity index (χ1n) is 26.9. The van der Waals surface area contributed by atoms with Crippen LogP contribution < -0.4 is 0 Å². The summed E-state index contributed by atoms with van der Waals surface area (Å²) in [7, 11) is 0. The molecule has 1 atom stereocenters. The van der Waals surface area contributed by atoms with E-state index in [1.807, 2.05) is 0 Å². The quantitative estimate of drug-likeness (QED) is 0.0336. The molecule has 0 aliphatic heterocycles. The van der Waals surface area contributed by atoms with Crippen molar-refractivity contribution in [3.05, 3.63) is 0 Å². The smallest absolute Gasteiger partial charge is 0.466 e. The SMILES string of the molecule is CCCCCCCCCC(CCCCCCCCC)C(=O)OCCCN(CCCOC(=O)OC(CCCCCC)CCCCC(=O)OCCCCCCC)CCCN(CC)CC. The highest BCUT2D eigenvalue weighted by atomic mass is 16.7. The molecule has 0 amide bonds. The van der Waals surface area contributed by atoms with Crippen LogP contribution in [0.25, 0.3) is 0 Å². The van der Waals surface area contributed by atoms with E-state index in [-0.39, 0.29) is 24.0 Å². The molecule has 9 nitrogen and oxygen atoms in total. The third kappa shape index (κ3) is 39.7. The molecular formula is C53H104N2O7. The Hall–Kier alpha value is -1.87. The number of hydrogen-bond acceptors (Lipinski definition) is 9. The molecule has 0 aliphatic carbocycles. The normalized spacial score (nSPS) is 12.1. The summed E-state index contributed by atoms with van der Waals surface area (Å²) in [6.45, 7) is 20.4. The van der Waals surface area contributed by atoms with Crippen LogP contribution in [0.5, 0.6) is 0 Å². The average molecular weight is 881 g/mol. The molecule has 0 saturated carbocycles. The highest BCUT2D eigenvalue weighted by molar-refractivity contribution is 5.72. The molecule has 0 aromatic carbocycles. The van der Waals surface area contributed by atoms with Crippen molar-refractivity contribution < 1.29 is 33.3 Å². The van der Waals surface area contributed by atoms with Crippen LogP contribution in [0.1, 0.15) is 253 Å². The van der Waals surface area contributed by atoms with Gasteiger partial charge in [0.1, 0.15) is 6.10 Å². The van der Waals surface area contributed by atoms with Crippen LogP contribution in [0.2, 0.25) is 0 Å². The molecule has 0 fully saturated rings. The maximum Gasteiger partial charge on any atom is 0.508 e. The van der Waals surface area contributed by atoms with Gasteiger partial charge in [0, 0.05) is 19.5 Å². The summed E-state index contributed by atoms with van der Waals surface area (Å²) in [6, 6.07) is 0. The fourth-order valence-electron chi connectivity index (χ4n) is 8.33. The van der Waals surface area contributed by atoms with Gasteiger partial charge in [0.2, 0.25) is 0 Å². The summed E-state index contributed by atoms with van der Waals surface area (Å²) in [6.07, 6.45) is 35.1. The van der Waals surface area contributed by atoms with Crippen molar-refractivity contribution in [3.63, 3.8) is 0 Å². The second-order valence-electron chi connectivity index (χ2n) is 18.2. The number of hydrogen-bond donors (Lipinski definition) is 0. The summed E-state index contributed by atoms with van der Waals surface area (Å²) in [5.41, 5.74) is 0. The molecule has 62 heavy (non-hydrogen) atoms. The summed E-state index contributed by atoms with van der Waals surface area (Å²) in [5, 5.41) is 0. The van der Waals surface area contributed by atoms with Gasteiger partial charge in [0.25, 0.3) is 0 Å². The van der Waals surface area contributed by atoms with E-state index in [1.54, 1.807) is 0 Å². The highest BCUT2D eigenvalue weighted by Crippen LogP contribution is 2.22. The van der Waals surface area contributed by atoms with Crippen LogP contribution in [-0.4, -0.2) is 93.1 Å². The number of carbonyl (C=O) groups excluding carboxylic acids is 3. The summed E-state index contributed by atoms with van der Waals surface area (Å²) < 4.78 is 22.9. The number of esters is 2. The van der Waals surface area contributed by atoms with Crippen LogP contribution >= 0.6 is 0 Å². The fraction of sp³-hybridized carbons (Fsp3) is 0.943. The number of rotatable bonds is 48. The maximum absolute atomic E-state index is 13.4. The standard InChI is InChI=1S/C53H104N2O7/c1-7-13-17-21-23-25-28-37-49(38-29-26-24-22-18-14-8-2)52(57)60-47-35-44-55(43-34-42-54(11-5)12-6)45-36-48-61-53(58)62-50(39-30-20-16-10-4)40-31-32-41-51(56)59-46-33-27-19-15-9-3/h49-50H,7-48H2,1-6H3. The Labute approximate surface area is 384 Å². The molecule has 0 N–H and O–H groups in total. The van der Waals surface area contributed by atoms with E-state index in [1.165, 1.54) is 103 Å². The Balaban J connectivity index is 4.97. The van der Waals surface area contributed by atoms with E-state index in [4.69, 9.17) is 18.9 Å². The minimum atomic E-state index is -0.587.